The van der Waals surface area contributed by atoms with Gasteiger partial charge in [-0.3, -0.25) is 9.48 Å². The van der Waals surface area contributed by atoms with Gasteiger partial charge in [-0.1, -0.05) is 25.5 Å². The SMILES string of the molecule is CC[C@@H]1C[C@H]1C(=O)Nc1snc(-c2ccc3nn(C)cc3c2)c1-c1cccc(N(C)C)n1. The van der Waals surface area contributed by atoms with E-state index in [1.807, 2.05) is 67.3 Å². The van der Waals surface area contributed by atoms with Crippen molar-refractivity contribution in [1.82, 2.24) is 19.1 Å². The number of rotatable bonds is 6. The second-order valence-electron chi connectivity index (χ2n) is 8.59. The summed E-state index contributed by atoms with van der Waals surface area (Å²) in [5.74, 6) is 1.54. The Bertz CT molecular complexity index is 1310. The van der Waals surface area contributed by atoms with Crippen LogP contribution < -0.4 is 10.2 Å². The number of amides is 1. The number of fused-ring (bicyclic) bond motifs is 1. The van der Waals surface area contributed by atoms with Gasteiger partial charge in [-0.05, 0) is 48.1 Å². The normalized spacial score (nSPS) is 17.5. The van der Waals surface area contributed by atoms with Crippen LogP contribution in [0.5, 0.6) is 0 Å². The number of aromatic nitrogens is 4. The van der Waals surface area contributed by atoms with Gasteiger partial charge in [0.25, 0.3) is 0 Å². The number of aryl methyl sites for hydroxylation is 1. The molecule has 5 rings (SSSR count). The average Bonchev–Trinajstić information content (AvgIpc) is 3.32. The molecule has 1 aliphatic rings. The first kappa shape index (κ1) is 20.6. The minimum Gasteiger partial charge on any atom is -0.363 e. The largest absolute Gasteiger partial charge is 0.363 e. The maximum atomic E-state index is 12.9. The lowest BCUT2D eigenvalue weighted by molar-refractivity contribution is -0.117. The standard InChI is InChI=1S/C24H26N6OS/c1-5-14-12-17(14)23(31)26-24-21(19-7-6-8-20(25-19)29(2)3)22(28-32-24)15-9-10-18-16(11-15)13-30(4)27-18/h6-11,13-14,17H,5,12H2,1-4H3,(H,26,31)/t14-,17-/m1/s1. The minimum atomic E-state index is 0.0831. The van der Waals surface area contributed by atoms with Crippen LogP contribution in [0.2, 0.25) is 0 Å². The number of nitrogens with one attached hydrogen (secondary N) is 1. The van der Waals surface area contributed by atoms with Crippen LogP contribution in [0.25, 0.3) is 33.4 Å². The smallest absolute Gasteiger partial charge is 0.228 e. The van der Waals surface area contributed by atoms with Crippen molar-refractivity contribution in [2.75, 3.05) is 24.3 Å². The highest BCUT2D eigenvalue weighted by molar-refractivity contribution is 7.11. The Morgan fingerprint density at radius 3 is 2.88 bits per heavy atom. The van der Waals surface area contributed by atoms with E-state index in [1.165, 1.54) is 11.5 Å². The number of nitrogens with zero attached hydrogens (tertiary/aromatic N) is 5. The zero-order valence-electron chi connectivity index (χ0n) is 18.7. The fourth-order valence-electron chi connectivity index (χ4n) is 4.14. The fourth-order valence-corrected chi connectivity index (χ4v) is 4.96. The molecule has 0 bridgehead atoms. The van der Waals surface area contributed by atoms with E-state index < -0.39 is 0 Å². The fraction of sp³-hybridized carbons (Fsp3) is 0.333. The van der Waals surface area contributed by atoms with Crippen LogP contribution in [-0.4, -0.2) is 39.1 Å². The van der Waals surface area contributed by atoms with E-state index >= 15 is 0 Å². The quantitative estimate of drug-likeness (QED) is 0.460. The van der Waals surface area contributed by atoms with Crippen molar-refractivity contribution in [3.05, 3.63) is 42.6 Å². The molecule has 7 nitrogen and oxygen atoms in total. The van der Waals surface area contributed by atoms with E-state index in [4.69, 9.17) is 9.36 Å². The van der Waals surface area contributed by atoms with Gasteiger partial charge in [0.2, 0.25) is 5.91 Å². The highest BCUT2D eigenvalue weighted by Crippen LogP contribution is 2.44. The van der Waals surface area contributed by atoms with Gasteiger partial charge in [0.1, 0.15) is 10.8 Å². The summed E-state index contributed by atoms with van der Waals surface area (Å²) in [5.41, 5.74) is 4.40. The van der Waals surface area contributed by atoms with E-state index in [-0.39, 0.29) is 11.8 Å². The van der Waals surface area contributed by atoms with Crippen LogP contribution in [0.3, 0.4) is 0 Å². The molecule has 8 heteroatoms. The second-order valence-corrected chi connectivity index (χ2v) is 9.36. The van der Waals surface area contributed by atoms with Crippen LogP contribution in [0.4, 0.5) is 10.8 Å². The topological polar surface area (TPSA) is 75.9 Å². The molecule has 2 atom stereocenters. The van der Waals surface area contributed by atoms with E-state index in [0.717, 1.165) is 57.1 Å². The van der Waals surface area contributed by atoms with Crippen molar-refractivity contribution in [2.45, 2.75) is 19.8 Å². The molecular formula is C24H26N6OS. The third-order valence-electron chi connectivity index (χ3n) is 6.05. The lowest BCUT2D eigenvalue weighted by Crippen LogP contribution is -2.14. The van der Waals surface area contributed by atoms with Crippen molar-refractivity contribution in [3.63, 3.8) is 0 Å². The summed E-state index contributed by atoms with van der Waals surface area (Å²) in [5, 5.41) is 9.43. The van der Waals surface area contributed by atoms with Crippen LogP contribution in [0, 0.1) is 11.8 Å². The van der Waals surface area contributed by atoms with Gasteiger partial charge in [0.15, 0.2) is 0 Å². The molecule has 3 heterocycles. The molecule has 0 saturated heterocycles. The van der Waals surface area contributed by atoms with Gasteiger partial charge < -0.3 is 10.2 Å². The van der Waals surface area contributed by atoms with Gasteiger partial charge in [0.05, 0.1) is 22.5 Å². The molecule has 1 N–H and O–H groups in total. The summed E-state index contributed by atoms with van der Waals surface area (Å²) in [7, 11) is 5.85. The molecule has 0 unspecified atom stereocenters. The summed E-state index contributed by atoms with van der Waals surface area (Å²) >= 11 is 1.32. The summed E-state index contributed by atoms with van der Waals surface area (Å²) in [6, 6.07) is 12.1. The maximum Gasteiger partial charge on any atom is 0.228 e. The number of carbonyl (C=O) groups is 1. The van der Waals surface area contributed by atoms with Gasteiger partial charge in [-0.2, -0.15) is 9.47 Å². The van der Waals surface area contributed by atoms with Crippen LogP contribution in [0.15, 0.2) is 42.6 Å². The third-order valence-corrected chi connectivity index (χ3v) is 6.82. The average molecular weight is 447 g/mol. The van der Waals surface area contributed by atoms with Gasteiger partial charge in [-0.15, -0.1) is 0 Å². The van der Waals surface area contributed by atoms with Gasteiger partial charge in [0, 0.05) is 44.2 Å². The zero-order valence-corrected chi connectivity index (χ0v) is 19.5. The number of hydrogen-bond donors (Lipinski definition) is 1. The molecule has 3 aromatic heterocycles. The maximum absolute atomic E-state index is 12.9. The molecule has 1 amide bonds. The molecule has 1 fully saturated rings. The van der Waals surface area contributed by atoms with Crippen molar-refractivity contribution < 1.29 is 4.79 Å². The van der Waals surface area contributed by atoms with Crippen LogP contribution in [0.1, 0.15) is 19.8 Å². The molecule has 1 aromatic carbocycles. The Kier molecular flexibility index (Phi) is 5.17. The lowest BCUT2D eigenvalue weighted by Gasteiger charge is -2.13. The number of pyridine rings is 1. The van der Waals surface area contributed by atoms with E-state index in [9.17, 15) is 4.79 Å². The summed E-state index contributed by atoms with van der Waals surface area (Å²) in [6.45, 7) is 2.14. The first-order valence-corrected chi connectivity index (χ1v) is 11.6. The molecule has 1 saturated carbocycles. The number of carbonyl (C=O) groups excluding carboxylic acids is 1. The summed E-state index contributed by atoms with van der Waals surface area (Å²) < 4.78 is 6.58. The Morgan fingerprint density at radius 2 is 2.12 bits per heavy atom. The van der Waals surface area contributed by atoms with Crippen molar-refractivity contribution in [3.8, 4) is 22.5 Å². The molecule has 0 radical (unpaired) electrons. The Labute approximate surface area is 191 Å². The molecule has 32 heavy (non-hydrogen) atoms. The summed E-state index contributed by atoms with van der Waals surface area (Å²) in [6.07, 6.45) is 4.00. The van der Waals surface area contributed by atoms with Crippen molar-refractivity contribution in [2.24, 2.45) is 18.9 Å². The number of hydrogen-bond acceptors (Lipinski definition) is 6. The van der Waals surface area contributed by atoms with Crippen LogP contribution in [-0.2, 0) is 11.8 Å². The predicted molar refractivity (Wildman–Crippen MR) is 130 cm³/mol. The van der Waals surface area contributed by atoms with Crippen molar-refractivity contribution >= 4 is 39.2 Å². The van der Waals surface area contributed by atoms with Crippen LogP contribution >= 0.6 is 11.5 Å². The van der Waals surface area contributed by atoms with E-state index in [2.05, 4.69) is 23.4 Å². The molecule has 164 valence electrons. The molecular weight excluding hydrogens is 420 g/mol. The molecule has 0 aliphatic heterocycles. The third kappa shape index (κ3) is 3.75. The summed E-state index contributed by atoms with van der Waals surface area (Å²) in [4.78, 5) is 19.7. The Morgan fingerprint density at radius 1 is 1.28 bits per heavy atom. The van der Waals surface area contributed by atoms with E-state index in [1.54, 1.807) is 0 Å². The number of benzene rings is 1. The second kappa shape index (κ2) is 8.02. The lowest BCUT2D eigenvalue weighted by atomic mass is 10.0. The van der Waals surface area contributed by atoms with Gasteiger partial charge in [-0.25, -0.2) is 4.98 Å². The molecule has 4 aromatic rings. The molecule has 0 spiro atoms. The zero-order chi connectivity index (χ0) is 22.4. The first-order chi connectivity index (χ1) is 15.4. The van der Waals surface area contributed by atoms with E-state index in [0.29, 0.717) is 5.92 Å². The van der Waals surface area contributed by atoms with Crippen molar-refractivity contribution in [1.29, 1.82) is 0 Å². The van der Waals surface area contributed by atoms with Gasteiger partial charge >= 0.3 is 0 Å². The predicted octanol–water partition coefficient (Wildman–Crippen LogP) is 4.81. The molecule has 1 aliphatic carbocycles. The minimum absolute atomic E-state index is 0.0831. The Hall–Kier alpha value is -3.26. The highest BCUT2D eigenvalue weighted by Gasteiger charge is 2.41. The monoisotopic (exact) mass is 446 g/mol. The number of anilines is 2. The Balaban J connectivity index is 1.60. The highest BCUT2D eigenvalue weighted by atomic mass is 32.1. The first-order valence-electron chi connectivity index (χ1n) is 10.8.